The molecule has 0 bridgehead atoms. The molecule has 2 aromatic carbocycles. The Morgan fingerprint density at radius 1 is 0.840 bits per heavy atom. The highest BCUT2D eigenvalue weighted by Crippen LogP contribution is 2.26. The van der Waals surface area contributed by atoms with Crippen molar-refractivity contribution in [3.63, 3.8) is 0 Å². The molecule has 25 heavy (non-hydrogen) atoms. The third-order valence-electron chi connectivity index (χ3n) is 3.98. The first-order chi connectivity index (χ1) is 12.2. The highest BCUT2D eigenvalue weighted by Gasteiger charge is 2.08. The van der Waals surface area contributed by atoms with E-state index in [2.05, 4.69) is 11.1 Å². The number of benzene rings is 2. The van der Waals surface area contributed by atoms with Crippen LogP contribution < -0.4 is 9.47 Å². The summed E-state index contributed by atoms with van der Waals surface area (Å²) in [4.78, 5) is 4.52. The first-order valence-electron chi connectivity index (χ1n) is 7.97. The fraction of sp³-hybridized carbons (Fsp3) is 0.250. The SMILES string of the molecule is COc1ccc(-c2ccc3nc(OCC(OC)OC)ccc3c2)cc1. The Bertz CT molecular complexity index is 829. The van der Waals surface area contributed by atoms with Crippen molar-refractivity contribution in [1.29, 1.82) is 0 Å². The monoisotopic (exact) mass is 339 g/mol. The molecule has 0 spiro atoms. The molecular formula is C20H21NO4. The van der Waals surface area contributed by atoms with Crippen molar-refractivity contribution in [1.82, 2.24) is 4.98 Å². The zero-order valence-corrected chi connectivity index (χ0v) is 14.6. The van der Waals surface area contributed by atoms with E-state index in [-0.39, 0.29) is 6.61 Å². The van der Waals surface area contributed by atoms with Crippen LogP contribution in [0.25, 0.3) is 22.0 Å². The molecule has 5 nitrogen and oxygen atoms in total. The number of methoxy groups -OCH3 is 3. The predicted octanol–water partition coefficient (Wildman–Crippen LogP) is 3.91. The molecule has 0 unspecified atom stereocenters. The Balaban J connectivity index is 1.80. The lowest BCUT2D eigenvalue weighted by molar-refractivity contribution is -0.122. The summed E-state index contributed by atoms with van der Waals surface area (Å²) in [5, 5.41) is 1.05. The Kier molecular flexibility index (Phi) is 5.48. The second-order valence-electron chi connectivity index (χ2n) is 5.50. The summed E-state index contributed by atoms with van der Waals surface area (Å²) in [6.45, 7) is 0.287. The van der Waals surface area contributed by atoms with Gasteiger partial charge in [-0.25, -0.2) is 4.98 Å². The molecule has 5 heteroatoms. The number of rotatable bonds is 7. The molecule has 1 aromatic heterocycles. The van der Waals surface area contributed by atoms with Crippen molar-refractivity contribution in [3.05, 3.63) is 54.6 Å². The molecule has 1 heterocycles. The molecule has 0 saturated carbocycles. The molecule has 0 amide bonds. The molecule has 0 aliphatic carbocycles. The van der Waals surface area contributed by atoms with E-state index in [4.69, 9.17) is 18.9 Å². The quantitative estimate of drug-likeness (QED) is 0.611. The lowest BCUT2D eigenvalue weighted by atomic mass is 10.0. The number of nitrogens with zero attached hydrogens (tertiary/aromatic N) is 1. The van der Waals surface area contributed by atoms with Gasteiger partial charge in [-0.15, -0.1) is 0 Å². The zero-order chi connectivity index (χ0) is 17.6. The fourth-order valence-corrected chi connectivity index (χ4v) is 2.54. The second-order valence-corrected chi connectivity index (χ2v) is 5.50. The number of fused-ring (bicyclic) bond motifs is 1. The van der Waals surface area contributed by atoms with Gasteiger partial charge in [0.25, 0.3) is 0 Å². The van der Waals surface area contributed by atoms with Crippen LogP contribution in [0.15, 0.2) is 54.6 Å². The normalized spacial score (nSPS) is 11.0. The zero-order valence-electron chi connectivity index (χ0n) is 14.6. The smallest absolute Gasteiger partial charge is 0.213 e. The summed E-state index contributed by atoms with van der Waals surface area (Å²) in [6.07, 6.45) is -0.407. The molecule has 3 aromatic rings. The summed E-state index contributed by atoms with van der Waals surface area (Å²) >= 11 is 0. The number of hydrogen-bond donors (Lipinski definition) is 0. The average Bonchev–Trinajstić information content (AvgIpc) is 2.68. The van der Waals surface area contributed by atoms with Gasteiger partial charge in [0.2, 0.25) is 5.88 Å². The van der Waals surface area contributed by atoms with Crippen molar-refractivity contribution in [3.8, 4) is 22.8 Å². The third kappa shape index (κ3) is 4.07. The maximum atomic E-state index is 5.62. The van der Waals surface area contributed by atoms with Crippen molar-refractivity contribution in [2.45, 2.75) is 6.29 Å². The number of aromatic nitrogens is 1. The minimum Gasteiger partial charge on any atom is -0.497 e. The highest BCUT2D eigenvalue weighted by atomic mass is 16.7. The van der Waals surface area contributed by atoms with Crippen LogP contribution in [0.2, 0.25) is 0 Å². The van der Waals surface area contributed by atoms with E-state index < -0.39 is 6.29 Å². The third-order valence-corrected chi connectivity index (χ3v) is 3.98. The van der Waals surface area contributed by atoms with Crippen LogP contribution in [0, 0.1) is 0 Å². The molecule has 0 N–H and O–H groups in total. The standard InChI is InChI=1S/C20H21NO4/c1-22-17-8-4-14(5-9-17)15-6-10-18-16(12-15)7-11-19(21-18)25-13-20(23-2)24-3/h4-12,20H,13H2,1-3H3. The average molecular weight is 339 g/mol. The lowest BCUT2D eigenvalue weighted by Crippen LogP contribution is -2.22. The van der Waals surface area contributed by atoms with Gasteiger partial charge >= 0.3 is 0 Å². The van der Waals surface area contributed by atoms with E-state index in [1.807, 2.05) is 48.5 Å². The van der Waals surface area contributed by atoms with Gasteiger partial charge in [-0.1, -0.05) is 18.2 Å². The Labute approximate surface area is 147 Å². The van der Waals surface area contributed by atoms with Gasteiger partial charge in [0.15, 0.2) is 6.29 Å². The topological polar surface area (TPSA) is 49.8 Å². The summed E-state index contributed by atoms with van der Waals surface area (Å²) in [7, 11) is 4.82. The number of hydrogen-bond acceptors (Lipinski definition) is 5. The summed E-state index contributed by atoms with van der Waals surface area (Å²) < 4.78 is 21.0. The first-order valence-corrected chi connectivity index (χ1v) is 7.97. The number of pyridine rings is 1. The van der Waals surface area contributed by atoms with Crippen LogP contribution in [0.1, 0.15) is 0 Å². The summed E-state index contributed by atoms with van der Waals surface area (Å²) in [5.74, 6) is 1.39. The first kappa shape index (κ1) is 17.2. The van der Waals surface area contributed by atoms with Gasteiger partial charge in [0.1, 0.15) is 12.4 Å². The molecule has 3 rings (SSSR count). The summed E-state index contributed by atoms with van der Waals surface area (Å²) in [5.41, 5.74) is 3.14. The van der Waals surface area contributed by atoms with E-state index in [1.54, 1.807) is 21.3 Å². The van der Waals surface area contributed by atoms with Gasteiger partial charge < -0.3 is 18.9 Å². The van der Waals surface area contributed by atoms with Crippen LogP contribution in [-0.2, 0) is 9.47 Å². The molecule has 130 valence electrons. The van der Waals surface area contributed by atoms with E-state index in [0.717, 1.165) is 27.8 Å². The van der Waals surface area contributed by atoms with Crippen molar-refractivity contribution < 1.29 is 18.9 Å². The van der Waals surface area contributed by atoms with Gasteiger partial charge in [0, 0.05) is 25.7 Å². The molecule has 0 radical (unpaired) electrons. The maximum absolute atomic E-state index is 5.62. The van der Waals surface area contributed by atoms with E-state index in [0.29, 0.717) is 5.88 Å². The highest BCUT2D eigenvalue weighted by molar-refractivity contribution is 5.84. The predicted molar refractivity (Wildman–Crippen MR) is 97.0 cm³/mol. The summed E-state index contributed by atoms with van der Waals surface area (Å²) in [6, 6.07) is 18.0. The van der Waals surface area contributed by atoms with Crippen LogP contribution >= 0.6 is 0 Å². The molecule has 0 aliphatic heterocycles. The minimum atomic E-state index is -0.407. The van der Waals surface area contributed by atoms with Gasteiger partial charge in [0.05, 0.1) is 12.6 Å². The lowest BCUT2D eigenvalue weighted by Gasteiger charge is -2.14. The molecule has 0 saturated heterocycles. The largest absolute Gasteiger partial charge is 0.497 e. The second kappa shape index (κ2) is 7.96. The van der Waals surface area contributed by atoms with E-state index in [1.165, 1.54) is 0 Å². The Morgan fingerprint density at radius 2 is 1.56 bits per heavy atom. The fourth-order valence-electron chi connectivity index (χ4n) is 2.54. The van der Waals surface area contributed by atoms with Gasteiger partial charge in [-0.05, 0) is 41.5 Å². The molecular weight excluding hydrogens is 318 g/mol. The van der Waals surface area contributed by atoms with Crippen LogP contribution in [0.4, 0.5) is 0 Å². The van der Waals surface area contributed by atoms with E-state index in [9.17, 15) is 0 Å². The van der Waals surface area contributed by atoms with Crippen LogP contribution in [0.5, 0.6) is 11.6 Å². The van der Waals surface area contributed by atoms with Crippen molar-refractivity contribution in [2.24, 2.45) is 0 Å². The van der Waals surface area contributed by atoms with E-state index >= 15 is 0 Å². The van der Waals surface area contributed by atoms with Crippen LogP contribution in [0.3, 0.4) is 0 Å². The Morgan fingerprint density at radius 3 is 2.24 bits per heavy atom. The van der Waals surface area contributed by atoms with Gasteiger partial charge in [-0.3, -0.25) is 0 Å². The number of ether oxygens (including phenoxy) is 4. The molecule has 0 aliphatic rings. The van der Waals surface area contributed by atoms with Gasteiger partial charge in [-0.2, -0.15) is 0 Å². The van der Waals surface area contributed by atoms with Crippen molar-refractivity contribution in [2.75, 3.05) is 27.9 Å². The molecule has 0 atom stereocenters. The Hall–Kier alpha value is -2.63. The minimum absolute atomic E-state index is 0.287. The molecule has 0 fully saturated rings. The van der Waals surface area contributed by atoms with Crippen molar-refractivity contribution >= 4 is 10.9 Å². The maximum Gasteiger partial charge on any atom is 0.213 e. The van der Waals surface area contributed by atoms with Crippen LogP contribution in [-0.4, -0.2) is 39.2 Å².